The third-order valence-electron chi connectivity index (χ3n) is 3.16. The molecule has 0 aliphatic heterocycles. The van der Waals surface area contributed by atoms with Crippen molar-refractivity contribution in [2.45, 2.75) is 6.92 Å². The SMILES string of the molecule is CCOc1cc(/C=C(\C#N)C(=O)Nc2c(Cl)cccc2Cl)ccc1O. The molecule has 128 valence electrons. The molecule has 1 amide bonds. The molecule has 0 aliphatic carbocycles. The summed E-state index contributed by atoms with van der Waals surface area (Å²) in [7, 11) is 0. The van der Waals surface area contributed by atoms with Crippen LogP contribution >= 0.6 is 23.2 Å². The lowest BCUT2D eigenvalue weighted by Crippen LogP contribution is -2.14. The van der Waals surface area contributed by atoms with Gasteiger partial charge in [-0.1, -0.05) is 35.3 Å². The number of phenols is 1. The van der Waals surface area contributed by atoms with Crippen LogP contribution < -0.4 is 10.1 Å². The Hall–Kier alpha value is -2.68. The van der Waals surface area contributed by atoms with Crippen LogP contribution in [0.1, 0.15) is 12.5 Å². The van der Waals surface area contributed by atoms with Crippen molar-refractivity contribution < 1.29 is 14.6 Å². The first kappa shape index (κ1) is 18.7. The van der Waals surface area contributed by atoms with E-state index >= 15 is 0 Å². The summed E-state index contributed by atoms with van der Waals surface area (Å²) >= 11 is 12.0. The van der Waals surface area contributed by atoms with Crippen LogP contribution in [0.25, 0.3) is 6.08 Å². The van der Waals surface area contributed by atoms with Crippen LogP contribution in [0, 0.1) is 11.3 Å². The molecule has 25 heavy (non-hydrogen) atoms. The van der Waals surface area contributed by atoms with E-state index in [9.17, 15) is 15.2 Å². The third-order valence-corrected chi connectivity index (χ3v) is 3.79. The number of amides is 1. The molecule has 0 spiro atoms. The van der Waals surface area contributed by atoms with E-state index in [4.69, 9.17) is 27.9 Å². The van der Waals surface area contributed by atoms with Gasteiger partial charge in [-0.2, -0.15) is 5.26 Å². The van der Waals surface area contributed by atoms with Crippen molar-refractivity contribution in [1.29, 1.82) is 5.26 Å². The molecule has 5 nitrogen and oxygen atoms in total. The lowest BCUT2D eigenvalue weighted by atomic mass is 10.1. The monoisotopic (exact) mass is 376 g/mol. The number of para-hydroxylation sites is 1. The number of nitriles is 1. The molecular weight excluding hydrogens is 363 g/mol. The fourth-order valence-corrected chi connectivity index (χ4v) is 2.50. The van der Waals surface area contributed by atoms with Gasteiger partial charge < -0.3 is 15.2 Å². The van der Waals surface area contributed by atoms with E-state index in [2.05, 4.69) is 5.32 Å². The van der Waals surface area contributed by atoms with Gasteiger partial charge in [0.1, 0.15) is 11.6 Å². The van der Waals surface area contributed by atoms with E-state index in [1.807, 2.05) is 6.07 Å². The molecule has 0 saturated carbocycles. The summed E-state index contributed by atoms with van der Waals surface area (Å²) < 4.78 is 5.28. The van der Waals surface area contributed by atoms with Gasteiger partial charge in [-0.25, -0.2) is 0 Å². The summed E-state index contributed by atoms with van der Waals surface area (Å²) in [6, 6.07) is 11.2. The zero-order valence-corrected chi connectivity index (χ0v) is 14.7. The van der Waals surface area contributed by atoms with Crippen molar-refractivity contribution in [3.8, 4) is 17.6 Å². The maximum Gasteiger partial charge on any atom is 0.266 e. The second-order valence-corrected chi connectivity index (χ2v) is 5.70. The van der Waals surface area contributed by atoms with Gasteiger partial charge in [-0.3, -0.25) is 4.79 Å². The van der Waals surface area contributed by atoms with Gasteiger partial charge in [0.05, 0.1) is 22.3 Å². The molecule has 0 bridgehead atoms. The van der Waals surface area contributed by atoms with Crippen molar-refractivity contribution >= 4 is 40.9 Å². The molecule has 2 aromatic carbocycles. The van der Waals surface area contributed by atoms with Crippen LogP contribution in [-0.2, 0) is 4.79 Å². The number of nitrogens with zero attached hydrogens (tertiary/aromatic N) is 1. The Morgan fingerprint density at radius 1 is 1.32 bits per heavy atom. The normalized spacial score (nSPS) is 10.9. The zero-order valence-electron chi connectivity index (χ0n) is 13.2. The Morgan fingerprint density at radius 2 is 2.00 bits per heavy atom. The lowest BCUT2D eigenvalue weighted by molar-refractivity contribution is -0.112. The predicted molar refractivity (Wildman–Crippen MR) is 98.0 cm³/mol. The van der Waals surface area contributed by atoms with Crippen LogP contribution in [0.5, 0.6) is 11.5 Å². The van der Waals surface area contributed by atoms with Gasteiger partial charge in [-0.05, 0) is 42.8 Å². The number of ether oxygens (including phenoxy) is 1. The number of hydrogen-bond donors (Lipinski definition) is 2. The number of anilines is 1. The summed E-state index contributed by atoms with van der Waals surface area (Å²) in [4.78, 5) is 12.3. The molecule has 0 fully saturated rings. The second-order valence-electron chi connectivity index (χ2n) is 4.88. The van der Waals surface area contributed by atoms with Gasteiger partial charge >= 0.3 is 0 Å². The van der Waals surface area contributed by atoms with Crippen LogP contribution in [0.2, 0.25) is 10.0 Å². The lowest BCUT2D eigenvalue weighted by Gasteiger charge is -2.09. The summed E-state index contributed by atoms with van der Waals surface area (Å²) in [5, 5.41) is 22.0. The van der Waals surface area contributed by atoms with E-state index in [0.717, 1.165) is 0 Å². The zero-order chi connectivity index (χ0) is 18.4. The molecule has 2 N–H and O–H groups in total. The van der Waals surface area contributed by atoms with Crippen molar-refractivity contribution in [3.05, 3.63) is 57.6 Å². The smallest absolute Gasteiger partial charge is 0.266 e. The van der Waals surface area contributed by atoms with Gasteiger partial charge in [0.25, 0.3) is 5.91 Å². The van der Waals surface area contributed by atoms with E-state index in [1.165, 1.54) is 18.2 Å². The minimum Gasteiger partial charge on any atom is -0.504 e. The summed E-state index contributed by atoms with van der Waals surface area (Å²) in [5.41, 5.74) is 0.611. The molecule has 0 unspecified atom stereocenters. The number of carbonyl (C=O) groups is 1. The van der Waals surface area contributed by atoms with Crippen molar-refractivity contribution in [2.75, 3.05) is 11.9 Å². The molecule has 0 radical (unpaired) electrons. The highest BCUT2D eigenvalue weighted by Crippen LogP contribution is 2.31. The summed E-state index contributed by atoms with van der Waals surface area (Å²) in [6.45, 7) is 2.15. The summed E-state index contributed by atoms with van der Waals surface area (Å²) in [5.74, 6) is -0.406. The maximum absolute atomic E-state index is 12.3. The van der Waals surface area contributed by atoms with E-state index in [0.29, 0.717) is 12.2 Å². The number of phenolic OH excluding ortho intramolecular Hbond substituents is 1. The number of aromatic hydroxyl groups is 1. The highest BCUT2D eigenvalue weighted by atomic mass is 35.5. The average Bonchev–Trinajstić information content (AvgIpc) is 2.59. The number of carbonyl (C=O) groups excluding carboxylic acids is 1. The number of rotatable bonds is 5. The van der Waals surface area contributed by atoms with Crippen molar-refractivity contribution in [1.82, 2.24) is 0 Å². The van der Waals surface area contributed by atoms with E-state index in [1.54, 1.807) is 31.2 Å². The largest absolute Gasteiger partial charge is 0.504 e. The van der Waals surface area contributed by atoms with Crippen LogP contribution in [-0.4, -0.2) is 17.6 Å². The molecule has 2 rings (SSSR count). The molecule has 0 aromatic heterocycles. The Balaban J connectivity index is 2.30. The highest BCUT2D eigenvalue weighted by molar-refractivity contribution is 6.40. The van der Waals surface area contributed by atoms with Crippen molar-refractivity contribution in [2.24, 2.45) is 0 Å². The van der Waals surface area contributed by atoms with Crippen molar-refractivity contribution in [3.63, 3.8) is 0 Å². The van der Waals surface area contributed by atoms with Crippen LogP contribution in [0.4, 0.5) is 5.69 Å². The minimum absolute atomic E-state index is 0.0233. The van der Waals surface area contributed by atoms with Gasteiger partial charge in [0.15, 0.2) is 11.5 Å². The topological polar surface area (TPSA) is 82.3 Å². The molecule has 0 atom stereocenters. The van der Waals surface area contributed by atoms with E-state index < -0.39 is 5.91 Å². The Kier molecular flexibility index (Phi) is 6.29. The predicted octanol–water partition coefficient (Wildman–Crippen LogP) is 4.64. The second kappa shape index (κ2) is 8.43. The number of hydrogen-bond acceptors (Lipinski definition) is 4. The molecular formula is C18H14Cl2N2O3. The van der Waals surface area contributed by atoms with Crippen LogP contribution in [0.3, 0.4) is 0 Å². The first-order chi connectivity index (χ1) is 12.0. The number of nitrogens with one attached hydrogen (secondary N) is 1. The average molecular weight is 377 g/mol. The first-order valence-electron chi connectivity index (χ1n) is 7.29. The quantitative estimate of drug-likeness (QED) is 0.587. The maximum atomic E-state index is 12.3. The van der Waals surface area contributed by atoms with Gasteiger partial charge in [-0.15, -0.1) is 0 Å². The molecule has 2 aromatic rings. The van der Waals surface area contributed by atoms with E-state index in [-0.39, 0.29) is 32.8 Å². The molecule has 0 heterocycles. The highest BCUT2D eigenvalue weighted by Gasteiger charge is 2.14. The summed E-state index contributed by atoms with van der Waals surface area (Å²) in [6.07, 6.45) is 1.38. The standard InChI is InChI=1S/C18H14Cl2N2O3/c1-2-25-16-9-11(6-7-15(16)23)8-12(10-21)18(24)22-17-13(19)4-3-5-14(17)20/h3-9,23H,2H2,1H3,(H,22,24)/b12-8+. The molecule has 7 heteroatoms. The van der Waals surface area contributed by atoms with Gasteiger partial charge in [0.2, 0.25) is 0 Å². The third kappa shape index (κ3) is 4.66. The molecule has 0 aliphatic rings. The fourth-order valence-electron chi connectivity index (χ4n) is 2.00. The Morgan fingerprint density at radius 3 is 2.60 bits per heavy atom. The number of benzene rings is 2. The first-order valence-corrected chi connectivity index (χ1v) is 8.04. The number of halogens is 2. The minimum atomic E-state index is -0.650. The molecule has 0 saturated heterocycles. The van der Waals surface area contributed by atoms with Crippen LogP contribution in [0.15, 0.2) is 42.0 Å². The Labute approximate surface area is 155 Å². The fraction of sp³-hybridized carbons (Fsp3) is 0.111. The van der Waals surface area contributed by atoms with Gasteiger partial charge in [0, 0.05) is 0 Å². The Bertz CT molecular complexity index is 853.